The van der Waals surface area contributed by atoms with Crippen molar-refractivity contribution in [2.45, 2.75) is 17.9 Å². The fraction of sp³-hybridized carbons (Fsp3) is 0.304. The average molecular weight is 405 g/mol. The summed E-state index contributed by atoms with van der Waals surface area (Å²) in [6.45, 7) is 4.59. The molecule has 0 unspecified atom stereocenters. The highest BCUT2D eigenvalue weighted by molar-refractivity contribution is 8.04. The van der Waals surface area contributed by atoms with Crippen LogP contribution in [0.4, 0.5) is 0 Å². The smallest absolute Gasteiger partial charge is 0.260 e. The molecule has 0 spiro atoms. The predicted molar refractivity (Wildman–Crippen MR) is 117 cm³/mol. The Morgan fingerprint density at radius 2 is 1.83 bits per heavy atom. The van der Waals surface area contributed by atoms with Crippen molar-refractivity contribution in [1.29, 1.82) is 0 Å². The molecule has 3 aromatic rings. The van der Waals surface area contributed by atoms with Crippen molar-refractivity contribution < 1.29 is 4.79 Å². The Morgan fingerprint density at radius 1 is 1.00 bits per heavy atom. The molecule has 6 heteroatoms. The summed E-state index contributed by atoms with van der Waals surface area (Å²) in [6.07, 6.45) is 6.10. The number of aromatic nitrogens is 2. The lowest BCUT2D eigenvalue weighted by atomic mass is 10.1. The highest BCUT2D eigenvalue weighted by Crippen LogP contribution is 2.35. The third-order valence-electron chi connectivity index (χ3n) is 5.67. The second-order valence-corrected chi connectivity index (χ2v) is 8.64. The Labute approximate surface area is 175 Å². The standard InChI is InChI=1S/C23H24N4OS/c28-23(20-16-19-17-24-21-9-4-10-22(29-20)27(19)21)26-14-12-25(13-15-26)11-5-8-18-6-2-1-3-7-18/h1-4,6-7,9-10,16-17H,5,8,11-15H2. The number of piperazine rings is 1. The maximum Gasteiger partial charge on any atom is 0.260 e. The molecule has 0 atom stereocenters. The van der Waals surface area contributed by atoms with Crippen LogP contribution in [0.5, 0.6) is 0 Å². The van der Waals surface area contributed by atoms with Crippen LogP contribution in [0.1, 0.15) is 17.7 Å². The Hall–Kier alpha value is -2.57. The fourth-order valence-electron chi connectivity index (χ4n) is 4.07. The van der Waals surface area contributed by atoms with E-state index < -0.39 is 0 Å². The summed E-state index contributed by atoms with van der Waals surface area (Å²) in [4.78, 5) is 22.8. The number of aryl methyl sites for hydroxylation is 1. The van der Waals surface area contributed by atoms with Crippen molar-refractivity contribution >= 4 is 29.4 Å². The van der Waals surface area contributed by atoms with E-state index >= 15 is 0 Å². The van der Waals surface area contributed by atoms with Crippen LogP contribution in [-0.4, -0.2) is 57.8 Å². The Balaban J connectivity index is 1.16. The molecule has 0 saturated carbocycles. The molecule has 0 aliphatic carbocycles. The maximum absolute atomic E-state index is 13.1. The topological polar surface area (TPSA) is 40.9 Å². The van der Waals surface area contributed by atoms with Crippen molar-refractivity contribution in [3.05, 3.63) is 70.9 Å². The van der Waals surface area contributed by atoms with E-state index in [1.54, 1.807) is 11.8 Å². The first kappa shape index (κ1) is 18.5. The maximum atomic E-state index is 13.1. The van der Waals surface area contributed by atoms with E-state index in [1.165, 1.54) is 5.56 Å². The van der Waals surface area contributed by atoms with Gasteiger partial charge in [-0.2, -0.15) is 0 Å². The Bertz CT molecular complexity index is 1050. The first-order valence-corrected chi connectivity index (χ1v) is 11.0. The van der Waals surface area contributed by atoms with Gasteiger partial charge in [0.15, 0.2) is 0 Å². The lowest BCUT2D eigenvalue weighted by Gasteiger charge is -2.35. The Kier molecular flexibility index (Phi) is 5.12. The largest absolute Gasteiger partial charge is 0.336 e. The van der Waals surface area contributed by atoms with Gasteiger partial charge in [0.25, 0.3) is 5.91 Å². The van der Waals surface area contributed by atoms with E-state index in [-0.39, 0.29) is 5.91 Å². The van der Waals surface area contributed by atoms with Gasteiger partial charge in [0.2, 0.25) is 0 Å². The number of rotatable bonds is 5. The second kappa shape index (κ2) is 8.05. The highest BCUT2D eigenvalue weighted by Gasteiger charge is 2.26. The molecule has 1 saturated heterocycles. The molecule has 2 aromatic heterocycles. The van der Waals surface area contributed by atoms with E-state index in [4.69, 9.17) is 0 Å². The molecule has 2 aliphatic heterocycles. The second-order valence-electron chi connectivity index (χ2n) is 7.57. The van der Waals surface area contributed by atoms with Crippen LogP contribution in [0.25, 0.3) is 11.7 Å². The molecule has 1 aromatic carbocycles. The lowest BCUT2D eigenvalue weighted by Crippen LogP contribution is -2.49. The number of pyridine rings is 1. The van der Waals surface area contributed by atoms with Gasteiger partial charge in [0.1, 0.15) is 5.65 Å². The molecule has 29 heavy (non-hydrogen) atoms. The van der Waals surface area contributed by atoms with E-state index in [0.29, 0.717) is 0 Å². The number of benzene rings is 1. The first-order chi connectivity index (χ1) is 14.3. The molecule has 4 heterocycles. The number of imidazole rings is 1. The quantitative estimate of drug-likeness (QED) is 0.652. The summed E-state index contributed by atoms with van der Waals surface area (Å²) in [5, 5.41) is 1.06. The number of amides is 1. The molecule has 1 amide bonds. The van der Waals surface area contributed by atoms with Gasteiger partial charge in [0.05, 0.1) is 21.8 Å². The molecule has 148 valence electrons. The summed E-state index contributed by atoms with van der Waals surface area (Å²) in [5.41, 5.74) is 3.31. The summed E-state index contributed by atoms with van der Waals surface area (Å²) in [5.74, 6) is 0.142. The first-order valence-electron chi connectivity index (χ1n) is 10.2. The minimum Gasteiger partial charge on any atom is -0.336 e. The monoisotopic (exact) mass is 404 g/mol. The van der Waals surface area contributed by atoms with Crippen LogP contribution in [0.15, 0.2) is 64.7 Å². The molecule has 0 bridgehead atoms. The summed E-state index contributed by atoms with van der Waals surface area (Å²) < 4.78 is 2.10. The molecule has 2 aliphatic rings. The van der Waals surface area contributed by atoms with Gasteiger partial charge < -0.3 is 4.90 Å². The number of nitrogens with zero attached hydrogens (tertiary/aromatic N) is 4. The highest BCUT2D eigenvalue weighted by atomic mass is 32.2. The van der Waals surface area contributed by atoms with Gasteiger partial charge in [-0.3, -0.25) is 14.1 Å². The molecule has 0 radical (unpaired) electrons. The van der Waals surface area contributed by atoms with Crippen molar-refractivity contribution in [3.63, 3.8) is 0 Å². The zero-order chi connectivity index (χ0) is 19.6. The summed E-state index contributed by atoms with van der Waals surface area (Å²) in [7, 11) is 0. The number of carbonyl (C=O) groups excluding carboxylic acids is 1. The molecular formula is C23H24N4OS. The van der Waals surface area contributed by atoms with Gasteiger partial charge in [-0.1, -0.05) is 48.2 Å². The SMILES string of the molecule is O=C(C1=Cc2cnc3cccc(n23)S1)N1CCN(CCCc2ccccc2)CC1. The summed E-state index contributed by atoms with van der Waals surface area (Å²) >= 11 is 1.55. The van der Waals surface area contributed by atoms with Gasteiger partial charge in [-0.05, 0) is 43.2 Å². The van der Waals surface area contributed by atoms with Gasteiger partial charge in [-0.15, -0.1) is 0 Å². The van der Waals surface area contributed by atoms with Crippen LogP contribution >= 0.6 is 11.8 Å². The van der Waals surface area contributed by atoms with Crippen LogP contribution in [0.3, 0.4) is 0 Å². The molecule has 1 fully saturated rings. The average Bonchev–Trinajstić information content (AvgIpc) is 3.19. The van der Waals surface area contributed by atoms with E-state index in [0.717, 1.165) is 66.8 Å². The zero-order valence-electron chi connectivity index (χ0n) is 16.3. The van der Waals surface area contributed by atoms with Crippen molar-refractivity contribution in [3.8, 4) is 0 Å². The van der Waals surface area contributed by atoms with Crippen LogP contribution in [0.2, 0.25) is 0 Å². The van der Waals surface area contributed by atoms with Gasteiger partial charge in [-0.25, -0.2) is 4.98 Å². The van der Waals surface area contributed by atoms with Gasteiger partial charge in [0, 0.05) is 26.2 Å². The van der Waals surface area contributed by atoms with Crippen molar-refractivity contribution in [1.82, 2.24) is 19.2 Å². The fourth-order valence-corrected chi connectivity index (χ4v) is 5.13. The minimum atomic E-state index is 0.142. The molecular weight excluding hydrogens is 380 g/mol. The number of thioether (sulfide) groups is 1. The van der Waals surface area contributed by atoms with Crippen LogP contribution in [-0.2, 0) is 11.2 Å². The van der Waals surface area contributed by atoms with Crippen LogP contribution < -0.4 is 0 Å². The Morgan fingerprint density at radius 3 is 2.66 bits per heavy atom. The van der Waals surface area contributed by atoms with E-state index in [1.807, 2.05) is 35.4 Å². The third kappa shape index (κ3) is 3.82. The minimum absolute atomic E-state index is 0.142. The van der Waals surface area contributed by atoms with Crippen molar-refractivity contribution in [2.75, 3.05) is 32.7 Å². The molecule has 0 N–H and O–H groups in total. The van der Waals surface area contributed by atoms with Gasteiger partial charge >= 0.3 is 0 Å². The van der Waals surface area contributed by atoms with Crippen LogP contribution in [0, 0.1) is 0 Å². The van der Waals surface area contributed by atoms with E-state index in [2.05, 4.69) is 44.6 Å². The lowest BCUT2D eigenvalue weighted by molar-refractivity contribution is -0.128. The number of carbonyl (C=O) groups is 1. The zero-order valence-corrected chi connectivity index (χ0v) is 17.1. The van der Waals surface area contributed by atoms with Crippen molar-refractivity contribution in [2.24, 2.45) is 0 Å². The molecule has 5 rings (SSSR count). The number of hydrogen-bond acceptors (Lipinski definition) is 4. The summed E-state index contributed by atoms with van der Waals surface area (Å²) in [6, 6.07) is 16.7. The third-order valence-corrected chi connectivity index (χ3v) is 6.71. The molecule has 5 nitrogen and oxygen atoms in total. The van der Waals surface area contributed by atoms with E-state index in [9.17, 15) is 4.79 Å². The predicted octanol–water partition coefficient (Wildman–Crippen LogP) is 3.56. The normalized spacial score (nSPS) is 16.8. The number of hydrogen-bond donors (Lipinski definition) is 0.